The Kier molecular flexibility index (Phi) is 6.48. The molecule has 2 aromatic rings. The molecule has 1 unspecified atom stereocenters. The molecule has 0 saturated heterocycles. The highest BCUT2D eigenvalue weighted by Crippen LogP contribution is 2.40. The molecule has 0 fully saturated rings. The molecule has 4 N–H and O–H groups in total. The number of benzene rings is 2. The maximum atomic E-state index is 10.3. The maximum Gasteiger partial charge on any atom is 0.119 e. The summed E-state index contributed by atoms with van der Waals surface area (Å²) in [6.07, 6.45) is 4.16. The molecule has 3 heteroatoms. The fourth-order valence-electron chi connectivity index (χ4n) is 3.14. The first kappa shape index (κ1) is 17.4. The number of hydrogen-bond acceptors (Lipinski definition) is 3. The highest BCUT2D eigenvalue weighted by Gasteiger charge is 2.22. The number of phenolic OH excluding ortho intramolecular Hbond substituents is 2. The summed E-state index contributed by atoms with van der Waals surface area (Å²) in [4.78, 5) is 0. The van der Waals surface area contributed by atoms with Crippen LogP contribution in [0.15, 0.2) is 48.5 Å². The van der Waals surface area contributed by atoms with Crippen molar-refractivity contribution >= 4 is 0 Å². The van der Waals surface area contributed by atoms with E-state index < -0.39 is 0 Å². The Bertz CT molecular complexity index is 567. The SMILES string of the molecule is CC(CCCCN)CC(c1ccccc1O)c1ccccc1O. The molecule has 0 amide bonds. The van der Waals surface area contributed by atoms with Gasteiger partial charge < -0.3 is 15.9 Å². The fraction of sp³-hybridized carbons (Fsp3) is 0.400. The van der Waals surface area contributed by atoms with Crippen LogP contribution in [-0.4, -0.2) is 16.8 Å². The van der Waals surface area contributed by atoms with E-state index in [-0.39, 0.29) is 17.4 Å². The van der Waals surface area contributed by atoms with E-state index in [9.17, 15) is 10.2 Å². The van der Waals surface area contributed by atoms with Gasteiger partial charge in [-0.15, -0.1) is 0 Å². The van der Waals surface area contributed by atoms with Crippen molar-refractivity contribution in [2.75, 3.05) is 6.54 Å². The molecule has 2 aromatic carbocycles. The number of para-hydroxylation sites is 2. The Hall–Kier alpha value is -2.00. The van der Waals surface area contributed by atoms with Gasteiger partial charge in [0.05, 0.1) is 0 Å². The third-order valence-corrected chi connectivity index (χ3v) is 4.41. The van der Waals surface area contributed by atoms with Crippen LogP contribution in [0.25, 0.3) is 0 Å². The highest BCUT2D eigenvalue weighted by molar-refractivity contribution is 5.45. The molecule has 3 nitrogen and oxygen atoms in total. The molecule has 0 aliphatic heterocycles. The Morgan fingerprint density at radius 1 is 0.870 bits per heavy atom. The molecule has 0 saturated carbocycles. The molecule has 2 rings (SSSR count). The monoisotopic (exact) mass is 313 g/mol. The van der Waals surface area contributed by atoms with Crippen molar-refractivity contribution in [1.29, 1.82) is 0 Å². The maximum absolute atomic E-state index is 10.3. The second-order valence-corrected chi connectivity index (χ2v) is 6.30. The summed E-state index contributed by atoms with van der Waals surface area (Å²) in [5, 5.41) is 20.5. The van der Waals surface area contributed by atoms with Crippen molar-refractivity contribution in [3.63, 3.8) is 0 Å². The summed E-state index contributed by atoms with van der Waals surface area (Å²) in [6.45, 7) is 2.96. The minimum absolute atomic E-state index is 0.00900. The van der Waals surface area contributed by atoms with E-state index >= 15 is 0 Å². The van der Waals surface area contributed by atoms with E-state index in [1.54, 1.807) is 12.1 Å². The van der Waals surface area contributed by atoms with Crippen LogP contribution in [0, 0.1) is 5.92 Å². The summed E-state index contributed by atoms with van der Waals surface area (Å²) >= 11 is 0. The van der Waals surface area contributed by atoms with Gasteiger partial charge in [-0.05, 0) is 37.4 Å². The lowest BCUT2D eigenvalue weighted by Gasteiger charge is -2.23. The van der Waals surface area contributed by atoms with Crippen molar-refractivity contribution in [2.45, 2.75) is 38.5 Å². The molecule has 0 spiro atoms. The number of aromatic hydroxyl groups is 2. The zero-order valence-electron chi connectivity index (χ0n) is 13.8. The Balaban J connectivity index is 2.26. The standard InChI is InChI=1S/C20H27NO2/c1-15(8-6-7-13-21)14-18(16-9-2-4-11-19(16)22)17-10-3-5-12-20(17)23/h2-5,9-12,15,18,22-23H,6-8,13-14,21H2,1H3. The van der Waals surface area contributed by atoms with Crippen LogP contribution in [0.4, 0.5) is 0 Å². The second kappa shape index (κ2) is 8.59. The number of nitrogens with two attached hydrogens (primary N) is 1. The topological polar surface area (TPSA) is 66.5 Å². The Labute approximate surface area is 138 Å². The van der Waals surface area contributed by atoms with Gasteiger partial charge in [0.15, 0.2) is 0 Å². The van der Waals surface area contributed by atoms with Crippen LogP contribution in [0.2, 0.25) is 0 Å². The van der Waals surface area contributed by atoms with E-state index in [0.717, 1.165) is 43.4 Å². The van der Waals surface area contributed by atoms with E-state index in [4.69, 9.17) is 5.73 Å². The zero-order valence-corrected chi connectivity index (χ0v) is 13.8. The van der Waals surface area contributed by atoms with Gasteiger partial charge in [-0.2, -0.15) is 0 Å². The predicted molar refractivity (Wildman–Crippen MR) is 94.7 cm³/mol. The van der Waals surface area contributed by atoms with Gasteiger partial charge in [0.2, 0.25) is 0 Å². The molecular weight excluding hydrogens is 286 g/mol. The predicted octanol–water partition coefficient (Wildman–Crippen LogP) is 4.38. The van der Waals surface area contributed by atoms with Crippen molar-refractivity contribution < 1.29 is 10.2 Å². The molecule has 124 valence electrons. The summed E-state index contributed by atoms with van der Waals surface area (Å²) in [6, 6.07) is 14.8. The average Bonchev–Trinajstić information content (AvgIpc) is 2.54. The van der Waals surface area contributed by atoms with Crippen LogP contribution in [0.5, 0.6) is 11.5 Å². The van der Waals surface area contributed by atoms with Crippen molar-refractivity contribution in [3.8, 4) is 11.5 Å². The molecule has 23 heavy (non-hydrogen) atoms. The second-order valence-electron chi connectivity index (χ2n) is 6.30. The van der Waals surface area contributed by atoms with E-state index in [2.05, 4.69) is 6.92 Å². The number of hydrogen-bond donors (Lipinski definition) is 3. The molecule has 0 bridgehead atoms. The average molecular weight is 313 g/mol. The van der Waals surface area contributed by atoms with Gasteiger partial charge in [-0.1, -0.05) is 56.2 Å². The van der Waals surface area contributed by atoms with E-state index in [0.29, 0.717) is 5.92 Å². The summed E-state index contributed by atoms with van der Waals surface area (Å²) in [5.74, 6) is 1.06. The molecular formula is C20H27NO2. The van der Waals surface area contributed by atoms with Crippen molar-refractivity contribution in [3.05, 3.63) is 59.7 Å². The fourth-order valence-corrected chi connectivity index (χ4v) is 3.14. The summed E-state index contributed by atoms with van der Waals surface area (Å²) < 4.78 is 0. The van der Waals surface area contributed by atoms with Crippen LogP contribution >= 0.6 is 0 Å². The van der Waals surface area contributed by atoms with Gasteiger partial charge in [-0.3, -0.25) is 0 Å². The molecule has 0 aromatic heterocycles. The van der Waals surface area contributed by atoms with Crippen LogP contribution in [0.3, 0.4) is 0 Å². The minimum atomic E-state index is -0.00900. The first-order valence-electron chi connectivity index (χ1n) is 8.39. The smallest absolute Gasteiger partial charge is 0.119 e. The molecule has 0 aliphatic carbocycles. The Morgan fingerprint density at radius 2 is 1.39 bits per heavy atom. The first-order chi connectivity index (χ1) is 11.1. The zero-order chi connectivity index (χ0) is 16.7. The Morgan fingerprint density at radius 3 is 1.87 bits per heavy atom. The van der Waals surface area contributed by atoms with Gasteiger partial charge in [-0.25, -0.2) is 0 Å². The van der Waals surface area contributed by atoms with Crippen LogP contribution < -0.4 is 5.73 Å². The minimum Gasteiger partial charge on any atom is -0.508 e. The number of unbranched alkanes of at least 4 members (excludes halogenated alkanes) is 1. The van der Waals surface area contributed by atoms with Crippen LogP contribution in [-0.2, 0) is 0 Å². The van der Waals surface area contributed by atoms with E-state index in [1.807, 2.05) is 36.4 Å². The van der Waals surface area contributed by atoms with Gasteiger partial charge in [0.25, 0.3) is 0 Å². The van der Waals surface area contributed by atoms with Gasteiger partial charge in [0, 0.05) is 17.0 Å². The lowest BCUT2D eigenvalue weighted by Crippen LogP contribution is -2.08. The van der Waals surface area contributed by atoms with Gasteiger partial charge in [0.1, 0.15) is 11.5 Å². The molecule has 0 radical (unpaired) electrons. The lowest BCUT2D eigenvalue weighted by molar-refractivity contribution is 0.415. The lowest BCUT2D eigenvalue weighted by atomic mass is 9.82. The summed E-state index contributed by atoms with van der Waals surface area (Å²) in [5.41, 5.74) is 7.32. The first-order valence-corrected chi connectivity index (χ1v) is 8.39. The molecule has 1 atom stereocenters. The molecule has 0 aliphatic rings. The van der Waals surface area contributed by atoms with Crippen molar-refractivity contribution in [1.82, 2.24) is 0 Å². The third kappa shape index (κ3) is 4.73. The largest absolute Gasteiger partial charge is 0.508 e. The van der Waals surface area contributed by atoms with Crippen LogP contribution in [0.1, 0.15) is 49.7 Å². The molecule has 0 heterocycles. The van der Waals surface area contributed by atoms with Gasteiger partial charge >= 0.3 is 0 Å². The summed E-state index contributed by atoms with van der Waals surface area (Å²) in [7, 11) is 0. The van der Waals surface area contributed by atoms with E-state index in [1.165, 1.54) is 0 Å². The number of phenols is 2. The highest BCUT2D eigenvalue weighted by atomic mass is 16.3. The normalized spacial score (nSPS) is 12.5. The number of rotatable bonds is 8. The third-order valence-electron chi connectivity index (χ3n) is 4.41. The van der Waals surface area contributed by atoms with Crippen molar-refractivity contribution in [2.24, 2.45) is 11.7 Å². The quantitative estimate of drug-likeness (QED) is 0.633.